The number of halogens is 2. The molecule has 2 rings (SSSR count). The summed E-state index contributed by atoms with van der Waals surface area (Å²) in [4.78, 5) is 0. The summed E-state index contributed by atoms with van der Waals surface area (Å²) in [7, 11) is 0. The Labute approximate surface area is 117 Å². The molecule has 2 aromatic rings. The zero-order valence-corrected chi connectivity index (χ0v) is 11.0. The minimum Gasteiger partial charge on any atom is -0.387 e. The van der Waals surface area contributed by atoms with Crippen molar-refractivity contribution in [3.05, 3.63) is 71.3 Å². The predicted octanol–water partition coefficient (Wildman–Crippen LogP) is 2.83. The van der Waals surface area contributed by atoms with Gasteiger partial charge in [0.25, 0.3) is 0 Å². The SMILES string of the molecule is OC(CNCCc1ccccc1)c1c(F)cccc1F. The summed E-state index contributed by atoms with van der Waals surface area (Å²) >= 11 is 0. The van der Waals surface area contributed by atoms with Gasteiger partial charge in [-0.1, -0.05) is 36.4 Å². The van der Waals surface area contributed by atoms with Gasteiger partial charge in [-0.2, -0.15) is 0 Å². The van der Waals surface area contributed by atoms with Gasteiger partial charge in [0.05, 0.1) is 11.7 Å². The number of nitrogens with one attached hydrogen (secondary N) is 1. The van der Waals surface area contributed by atoms with Crippen molar-refractivity contribution < 1.29 is 13.9 Å². The molecule has 4 heteroatoms. The molecular weight excluding hydrogens is 260 g/mol. The van der Waals surface area contributed by atoms with Crippen LogP contribution in [0, 0.1) is 11.6 Å². The zero-order valence-electron chi connectivity index (χ0n) is 11.0. The van der Waals surface area contributed by atoms with Gasteiger partial charge >= 0.3 is 0 Å². The Balaban J connectivity index is 1.82. The Kier molecular flexibility index (Phi) is 5.21. The van der Waals surface area contributed by atoms with E-state index in [0.29, 0.717) is 6.54 Å². The monoisotopic (exact) mass is 277 g/mol. The van der Waals surface area contributed by atoms with Crippen molar-refractivity contribution in [2.45, 2.75) is 12.5 Å². The molecule has 0 aliphatic heterocycles. The summed E-state index contributed by atoms with van der Waals surface area (Å²) < 4.78 is 26.9. The van der Waals surface area contributed by atoms with E-state index in [1.165, 1.54) is 11.6 Å². The molecule has 2 nitrogen and oxygen atoms in total. The largest absolute Gasteiger partial charge is 0.387 e. The standard InChI is InChI=1S/C16H17F2NO/c17-13-7-4-8-14(18)16(13)15(20)11-19-10-9-12-5-2-1-3-6-12/h1-8,15,19-20H,9-11H2. The van der Waals surface area contributed by atoms with Gasteiger partial charge < -0.3 is 10.4 Å². The van der Waals surface area contributed by atoms with Crippen LogP contribution in [0.4, 0.5) is 8.78 Å². The lowest BCUT2D eigenvalue weighted by atomic mass is 10.1. The van der Waals surface area contributed by atoms with E-state index in [4.69, 9.17) is 0 Å². The van der Waals surface area contributed by atoms with Crippen LogP contribution in [0.2, 0.25) is 0 Å². The normalized spacial score (nSPS) is 12.3. The van der Waals surface area contributed by atoms with Crippen LogP contribution in [0.25, 0.3) is 0 Å². The van der Waals surface area contributed by atoms with Crippen molar-refractivity contribution in [3.8, 4) is 0 Å². The Bertz CT molecular complexity index is 525. The van der Waals surface area contributed by atoms with Crippen molar-refractivity contribution in [3.63, 3.8) is 0 Å². The first-order chi connectivity index (χ1) is 9.68. The molecule has 2 aromatic carbocycles. The highest BCUT2D eigenvalue weighted by Gasteiger charge is 2.16. The number of aliphatic hydroxyl groups is 1. The van der Waals surface area contributed by atoms with Crippen molar-refractivity contribution in [2.24, 2.45) is 0 Å². The van der Waals surface area contributed by atoms with Crippen LogP contribution in [-0.4, -0.2) is 18.2 Å². The van der Waals surface area contributed by atoms with Crippen molar-refractivity contribution in [2.75, 3.05) is 13.1 Å². The second-order valence-corrected chi connectivity index (χ2v) is 4.59. The Morgan fingerprint density at radius 2 is 1.60 bits per heavy atom. The van der Waals surface area contributed by atoms with Gasteiger partial charge in [0.15, 0.2) is 0 Å². The summed E-state index contributed by atoms with van der Waals surface area (Å²) in [5.41, 5.74) is 0.895. The van der Waals surface area contributed by atoms with Crippen LogP contribution in [0.1, 0.15) is 17.2 Å². The first kappa shape index (κ1) is 14.6. The molecule has 0 radical (unpaired) electrons. The van der Waals surface area contributed by atoms with Gasteiger partial charge in [-0.15, -0.1) is 0 Å². The van der Waals surface area contributed by atoms with Gasteiger partial charge in [0.2, 0.25) is 0 Å². The molecule has 0 aromatic heterocycles. The fourth-order valence-corrected chi connectivity index (χ4v) is 2.05. The molecule has 0 saturated carbocycles. The Hall–Kier alpha value is -1.78. The molecule has 1 atom stereocenters. The molecule has 0 saturated heterocycles. The first-order valence-electron chi connectivity index (χ1n) is 6.55. The number of rotatable bonds is 6. The summed E-state index contributed by atoms with van der Waals surface area (Å²) in [6, 6.07) is 13.4. The van der Waals surface area contributed by atoms with Gasteiger partial charge in [0.1, 0.15) is 11.6 Å². The molecule has 2 N–H and O–H groups in total. The summed E-state index contributed by atoms with van der Waals surface area (Å²) in [5, 5.41) is 12.8. The smallest absolute Gasteiger partial charge is 0.131 e. The van der Waals surface area contributed by atoms with Crippen LogP contribution < -0.4 is 5.32 Å². The van der Waals surface area contributed by atoms with E-state index >= 15 is 0 Å². The third-order valence-electron chi connectivity index (χ3n) is 3.10. The number of hydrogen-bond acceptors (Lipinski definition) is 2. The number of hydrogen-bond donors (Lipinski definition) is 2. The van der Waals surface area contributed by atoms with Crippen LogP contribution in [0.3, 0.4) is 0 Å². The minimum absolute atomic E-state index is 0.116. The van der Waals surface area contributed by atoms with Gasteiger partial charge in [0, 0.05) is 6.54 Å². The lowest BCUT2D eigenvalue weighted by Gasteiger charge is -2.13. The summed E-state index contributed by atoms with van der Waals surface area (Å²) in [6.45, 7) is 0.752. The second kappa shape index (κ2) is 7.12. The Morgan fingerprint density at radius 1 is 0.950 bits per heavy atom. The molecule has 0 heterocycles. The van der Waals surface area contributed by atoms with E-state index in [2.05, 4.69) is 5.32 Å². The second-order valence-electron chi connectivity index (χ2n) is 4.59. The predicted molar refractivity (Wildman–Crippen MR) is 74.3 cm³/mol. The average molecular weight is 277 g/mol. The fraction of sp³-hybridized carbons (Fsp3) is 0.250. The highest BCUT2D eigenvalue weighted by atomic mass is 19.1. The fourth-order valence-electron chi connectivity index (χ4n) is 2.05. The topological polar surface area (TPSA) is 32.3 Å². The first-order valence-corrected chi connectivity index (χ1v) is 6.55. The molecule has 1 unspecified atom stereocenters. The molecular formula is C16H17F2NO. The molecule has 0 aliphatic carbocycles. The third kappa shape index (κ3) is 3.85. The van der Waals surface area contributed by atoms with Gasteiger partial charge in [-0.25, -0.2) is 8.78 Å². The van der Waals surface area contributed by atoms with E-state index in [1.54, 1.807) is 0 Å². The van der Waals surface area contributed by atoms with Crippen LogP contribution in [0.15, 0.2) is 48.5 Å². The molecule has 0 spiro atoms. The molecule has 20 heavy (non-hydrogen) atoms. The highest BCUT2D eigenvalue weighted by molar-refractivity contribution is 5.22. The Morgan fingerprint density at radius 3 is 2.25 bits per heavy atom. The third-order valence-corrected chi connectivity index (χ3v) is 3.10. The van der Waals surface area contributed by atoms with Crippen LogP contribution in [-0.2, 0) is 6.42 Å². The maximum atomic E-state index is 13.4. The number of benzene rings is 2. The minimum atomic E-state index is -1.19. The van der Waals surface area contributed by atoms with E-state index in [0.717, 1.165) is 18.6 Å². The van der Waals surface area contributed by atoms with E-state index in [9.17, 15) is 13.9 Å². The van der Waals surface area contributed by atoms with E-state index in [1.807, 2.05) is 30.3 Å². The van der Waals surface area contributed by atoms with Crippen LogP contribution >= 0.6 is 0 Å². The number of aliphatic hydroxyl groups excluding tert-OH is 1. The lowest BCUT2D eigenvalue weighted by Crippen LogP contribution is -2.24. The quantitative estimate of drug-likeness (QED) is 0.796. The van der Waals surface area contributed by atoms with E-state index < -0.39 is 17.7 Å². The molecule has 0 bridgehead atoms. The molecule has 0 amide bonds. The maximum absolute atomic E-state index is 13.4. The van der Waals surface area contributed by atoms with Gasteiger partial charge in [-0.3, -0.25) is 0 Å². The summed E-state index contributed by atoms with van der Waals surface area (Å²) in [6.07, 6.45) is -0.389. The summed E-state index contributed by atoms with van der Waals surface area (Å²) in [5.74, 6) is -1.44. The molecule has 106 valence electrons. The van der Waals surface area contributed by atoms with Crippen molar-refractivity contribution in [1.29, 1.82) is 0 Å². The maximum Gasteiger partial charge on any atom is 0.131 e. The van der Waals surface area contributed by atoms with Crippen molar-refractivity contribution in [1.82, 2.24) is 5.32 Å². The average Bonchev–Trinajstić information content (AvgIpc) is 2.44. The van der Waals surface area contributed by atoms with E-state index in [-0.39, 0.29) is 12.1 Å². The van der Waals surface area contributed by atoms with Crippen molar-refractivity contribution >= 4 is 0 Å². The van der Waals surface area contributed by atoms with Crippen LogP contribution in [0.5, 0.6) is 0 Å². The molecule has 0 aliphatic rings. The zero-order chi connectivity index (χ0) is 14.4. The highest BCUT2D eigenvalue weighted by Crippen LogP contribution is 2.19. The lowest BCUT2D eigenvalue weighted by molar-refractivity contribution is 0.165. The molecule has 0 fully saturated rings. The van der Waals surface area contributed by atoms with Gasteiger partial charge in [-0.05, 0) is 30.7 Å².